The Kier molecular flexibility index (Phi) is 2.63. The molecule has 0 heterocycles. The summed E-state index contributed by atoms with van der Waals surface area (Å²) >= 11 is 0. The highest BCUT2D eigenvalue weighted by atomic mass is 16.3. The topological polar surface area (TPSA) is 37.3 Å². The smallest absolute Gasteiger partial charge is 0.190 e. The first-order valence-electron chi connectivity index (χ1n) is 6.71. The third-order valence-corrected chi connectivity index (χ3v) is 4.45. The number of ketones is 1. The highest BCUT2D eigenvalue weighted by molar-refractivity contribution is 6.06. The molecule has 3 rings (SSSR count). The minimum absolute atomic E-state index is 0.0456. The lowest BCUT2D eigenvalue weighted by Crippen LogP contribution is -2.45. The zero-order valence-electron chi connectivity index (χ0n) is 10.6. The van der Waals surface area contributed by atoms with Crippen molar-refractivity contribution in [3.8, 4) is 0 Å². The van der Waals surface area contributed by atoms with E-state index >= 15 is 0 Å². The number of hydrogen-bond donors (Lipinski definition) is 1. The van der Waals surface area contributed by atoms with Gasteiger partial charge in [-0.1, -0.05) is 31.2 Å². The molecule has 0 bridgehead atoms. The summed E-state index contributed by atoms with van der Waals surface area (Å²) in [6.45, 7) is 1.88. The van der Waals surface area contributed by atoms with Gasteiger partial charge in [-0.2, -0.15) is 0 Å². The number of Topliss-reactive ketones (excluding diaryl/α,β-unsaturated/α-hetero) is 1. The van der Waals surface area contributed by atoms with Crippen LogP contribution in [0, 0.1) is 5.92 Å². The number of hydrogen-bond acceptors (Lipinski definition) is 2. The average Bonchev–Trinajstić information content (AvgIpc) is 2.42. The lowest BCUT2D eigenvalue weighted by molar-refractivity contribution is -0.137. The van der Waals surface area contributed by atoms with E-state index in [0.29, 0.717) is 18.8 Å². The maximum absolute atomic E-state index is 12.4. The monoisotopic (exact) mass is 242 g/mol. The summed E-state index contributed by atoms with van der Waals surface area (Å²) < 4.78 is 0. The summed E-state index contributed by atoms with van der Waals surface area (Å²) in [5, 5.41) is 10.3. The molecule has 2 unspecified atom stereocenters. The van der Waals surface area contributed by atoms with Crippen LogP contribution in [0.3, 0.4) is 0 Å². The summed E-state index contributed by atoms with van der Waals surface area (Å²) in [6, 6.07) is 8.22. The second kappa shape index (κ2) is 4.06. The number of carbonyl (C=O) groups excluding carboxylic acids is 1. The molecule has 1 N–H and O–H groups in total. The van der Waals surface area contributed by atoms with Gasteiger partial charge in [0.05, 0.1) is 0 Å². The van der Waals surface area contributed by atoms with Gasteiger partial charge in [0.2, 0.25) is 0 Å². The summed E-state index contributed by atoms with van der Waals surface area (Å²) in [5.41, 5.74) is 2.18. The van der Waals surface area contributed by atoms with Crippen molar-refractivity contribution >= 4 is 11.9 Å². The Morgan fingerprint density at radius 2 is 2.17 bits per heavy atom. The summed E-state index contributed by atoms with van der Waals surface area (Å²) in [4.78, 5) is 12.4. The number of benzene rings is 1. The lowest BCUT2D eigenvalue weighted by Gasteiger charge is -2.38. The van der Waals surface area contributed by atoms with E-state index in [0.717, 1.165) is 24.0 Å². The number of fused-ring (bicyclic) bond motifs is 2. The molecule has 1 fully saturated rings. The second-order valence-electron chi connectivity index (χ2n) is 5.45. The van der Waals surface area contributed by atoms with Crippen LogP contribution in [0.25, 0.3) is 6.08 Å². The van der Waals surface area contributed by atoms with Gasteiger partial charge in [0.15, 0.2) is 5.78 Å². The van der Waals surface area contributed by atoms with Crippen LogP contribution < -0.4 is 0 Å². The van der Waals surface area contributed by atoms with Crippen molar-refractivity contribution < 1.29 is 9.90 Å². The Balaban J connectivity index is 2.04. The van der Waals surface area contributed by atoms with E-state index < -0.39 is 5.60 Å². The van der Waals surface area contributed by atoms with Crippen LogP contribution in [0.4, 0.5) is 0 Å². The molecule has 0 aliphatic heterocycles. The molecule has 2 nitrogen and oxygen atoms in total. The lowest BCUT2D eigenvalue weighted by atomic mass is 9.68. The molecule has 0 saturated heterocycles. The van der Waals surface area contributed by atoms with E-state index in [1.807, 2.05) is 31.2 Å². The number of carbonyl (C=O) groups is 1. The molecule has 18 heavy (non-hydrogen) atoms. The minimum atomic E-state index is -1.12. The highest BCUT2D eigenvalue weighted by Gasteiger charge is 2.43. The van der Waals surface area contributed by atoms with Gasteiger partial charge in [-0.05, 0) is 48.8 Å². The molecule has 2 atom stereocenters. The Hall–Kier alpha value is -1.41. The fraction of sp³-hybridized carbons (Fsp3) is 0.438. The minimum Gasteiger partial charge on any atom is -0.382 e. The van der Waals surface area contributed by atoms with Gasteiger partial charge >= 0.3 is 0 Å². The first kappa shape index (κ1) is 11.7. The fourth-order valence-corrected chi connectivity index (χ4v) is 3.16. The number of rotatable bonds is 1. The van der Waals surface area contributed by atoms with Crippen molar-refractivity contribution in [2.45, 2.75) is 38.2 Å². The molecule has 94 valence electrons. The van der Waals surface area contributed by atoms with Crippen molar-refractivity contribution in [2.75, 3.05) is 0 Å². The third-order valence-electron chi connectivity index (χ3n) is 4.45. The molecule has 2 aliphatic rings. The van der Waals surface area contributed by atoms with Gasteiger partial charge in [0, 0.05) is 5.57 Å². The Bertz CT molecular complexity index is 530. The molecule has 1 aromatic carbocycles. The van der Waals surface area contributed by atoms with Crippen LogP contribution in [-0.2, 0) is 11.2 Å². The molecular formula is C16H18O2. The van der Waals surface area contributed by atoms with Crippen molar-refractivity contribution in [1.82, 2.24) is 0 Å². The van der Waals surface area contributed by atoms with E-state index in [-0.39, 0.29) is 5.78 Å². The molecule has 1 saturated carbocycles. The third kappa shape index (κ3) is 1.64. The van der Waals surface area contributed by atoms with Crippen molar-refractivity contribution in [3.05, 3.63) is 41.0 Å². The van der Waals surface area contributed by atoms with E-state index in [9.17, 15) is 9.90 Å². The van der Waals surface area contributed by atoms with E-state index in [1.54, 1.807) is 0 Å². The standard InChI is InChI=1S/C16H18O2/c1-2-16(18)8-7-13-9-11-5-3-4-6-12(11)10-14(13)15(16)17/h3-6,10,13,18H,2,7-9H2,1H3. The van der Waals surface area contributed by atoms with E-state index in [2.05, 4.69) is 6.07 Å². The summed E-state index contributed by atoms with van der Waals surface area (Å²) in [6.07, 6.45) is 4.96. The maximum atomic E-state index is 12.4. The Morgan fingerprint density at radius 1 is 1.39 bits per heavy atom. The molecule has 0 spiro atoms. The van der Waals surface area contributed by atoms with Crippen LogP contribution >= 0.6 is 0 Å². The van der Waals surface area contributed by atoms with Gasteiger partial charge in [0.25, 0.3) is 0 Å². The van der Waals surface area contributed by atoms with Crippen LogP contribution in [0.2, 0.25) is 0 Å². The Labute approximate surface area is 107 Å². The molecule has 2 aliphatic carbocycles. The predicted octanol–water partition coefficient (Wildman–Crippen LogP) is 2.75. The van der Waals surface area contributed by atoms with Gasteiger partial charge < -0.3 is 5.11 Å². The van der Waals surface area contributed by atoms with Crippen LogP contribution in [0.15, 0.2) is 29.8 Å². The SMILES string of the molecule is CCC1(O)CCC2Cc3ccccc3C=C2C1=O. The zero-order valence-corrected chi connectivity index (χ0v) is 10.6. The van der Waals surface area contributed by atoms with Crippen molar-refractivity contribution in [2.24, 2.45) is 5.92 Å². The normalized spacial score (nSPS) is 30.4. The average molecular weight is 242 g/mol. The van der Waals surface area contributed by atoms with Gasteiger partial charge in [-0.3, -0.25) is 4.79 Å². The molecular weight excluding hydrogens is 224 g/mol. The predicted molar refractivity (Wildman–Crippen MR) is 71.1 cm³/mol. The van der Waals surface area contributed by atoms with Gasteiger partial charge in [-0.15, -0.1) is 0 Å². The van der Waals surface area contributed by atoms with E-state index in [4.69, 9.17) is 0 Å². The molecule has 0 amide bonds. The fourth-order valence-electron chi connectivity index (χ4n) is 3.16. The van der Waals surface area contributed by atoms with Gasteiger partial charge in [0.1, 0.15) is 5.60 Å². The molecule has 2 heteroatoms. The van der Waals surface area contributed by atoms with Crippen LogP contribution in [0.5, 0.6) is 0 Å². The van der Waals surface area contributed by atoms with Gasteiger partial charge in [-0.25, -0.2) is 0 Å². The van der Waals surface area contributed by atoms with Crippen LogP contribution in [0.1, 0.15) is 37.3 Å². The molecule has 0 aromatic heterocycles. The number of aliphatic hydroxyl groups is 1. The summed E-state index contributed by atoms with van der Waals surface area (Å²) in [7, 11) is 0. The van der Waals surface area contributed by atoms with Crippen molar-refractivity contribution in [1.29, 1.82) is 0 Å². The largest absolute Gasteiger partial charge is 0.382 e. The zero-order chi connectivity index (χ0) is 12.8. The second-order valence-corrected chi connectivity index (χ2v) is 5.45. The van der Waals surface area contributed by atoms with Crippen LogP contribution in [-0.4, -0.2) is 16.5 Å². The maximum Gasteiger partial charge on any atom is 0.190 e. The first-order valence-corrected chi connectivity index (χ1v) is 6.71. The molecule has 0 radical (unpaired) electrons. The first-order chi connectivity index (χ1) is 8.64. The summed E-state index contributed by atoms with van der Waals surface area (Å²) in [5.74, 6) is 0.259. The molecule has 1 aromatic rings. The highest BCUT2D eigenvalue weighted by Crippen LogP contribution is 2.40. The van der Waals surface area contributed by atoms with E-state index in [1.165, 1.54) is 5.56 Å². The Morgan fingerprint density at radius 3 is 2.94 bits per heavy atom. The quantitative estimate of drug-likeness (QED) is 0.822. The van der Waals surface area contributed by atoms with Crippen molar-refractivity contribution in [3.63, 3.8) is 0 Å².